The second-order valence-corrected chi connectivity index (χ2v) is 7.71. The number of hydrogen-bond acceptors (Lipinski definition) is 5. The molecule has 6 nitrogen and oxygen atoms in total. The Bertz CT molecular complexity index is 884. The Morgan fingerprint density at radius 1 is 1.19 bits per heavy atom. The van der Waals surface area contributed by atoms with E-state index >= 15 is 0 Å². The molecule has 0 spiro atoms. The van der Waals surface area contributed by atoms with Crippen molar-refractivity contribution in [3.05, 3.63) is 35.2 Å². The summed E-state index contributed by atoms with van der Waals surface area (Å²) in [7, 11) is 0. The quantitative estimate of drug-likeness (QED) is 0.895. The average Bonchev–Trinajstić information content (AvgIpc) is 3.06. The maximum absolute atomic E-state index is 12.5. The van der Waals surface area contributed by atoms with Crippen LogP contribution in [0.4, 0.5) is 0 Å². The molecule has 134 valence electrons. The van der Waals surface area contributed by atoms with Gasteiger partial charge in [-0.2, -0.15) is 4.98 Å². The van der Waals surface area contributed by atoms with E-state index < -0.39 is 0 Å². The third kappa shape index (κ3) is 2.83. The van der Waals surface area contributed by atoms with E-state index in [1.54, 1.807) is 0 Å². The van der Waals surface area contributed by atoms with Crippen molar-refractivity contribution in [1.82, 2.24) is 15.5 Å². The highest BCUT2D eigenvalue weighted by Crippen LogP contribution is 2.41. The van der Waals surface area contributed by atoms with Gasteiger partial charge < -0.3 is 9.84 Å². The molecule has 26 heavy (non-hydrogen) atoms. The fourth-order valence-corrected chi connectivity index (χ4v) is 4.15. The van der Waals surface area contributed by atoms with Crippen LogP contribution in [0.1, 0.15) is 67.4 Å². The summed E-state index contributed by atoms with van der Waals surface area (Å²) >= 11 is 0. The molecular formula is C20H21N3O3. The molecule has 6 heteroatoms. The topological polar surface area (TPSA) is 85.1 Å². The number of carbonyl (C=O) groups is 2. The standard InChI is InChI=1S/C20H21N3O3/c24-17(16-7-8-18(25)21-16)10-13-4-3-12-9-14(5-6-15(12)13)19-22-20(26-23-19)11-1-2-11/h5-6,9,11,13,16H,1-4,7-8,10H2,(H,21,25)/t13-,16-/m0/s1. The Morgan fingerprint density at radius 3 is 2.85 bits per heavy atom. The second-order valence-electron chi connectivity index (χ2n) is 7.71. The molecule has 1 aromatic heterocycles. The van der Waals surface area contributed by atoms with E-state index in [1.807, 2.05) is 6.07 Å². The van der Waals surface area contributed by atoms with E-state index in [4.69, 9.17) is 4.52 Å². The molecule has 1 saturated heterocycles. The Labute approximate surface area is 151 Å². The van der Waals surface area contributed by atoms with Crippen molar-refractivity contribution in [2.24, 2.45) is 0 Å². The molecule has 5 rings (SSSR count). The number of amides is 1. The SMILES string of the molecule is O=C1CC[C@@H](C(=O)C[C@@H]2CCc3cc(-c4noc(C5CC5)n4)ccc32)N1. The van der Waals surface area contributed by atoms with Crippen LogP contribution in [-0.2, 0) is 16.0 Å². The summed E-state index contributed by atoms with van der Waals surface area (Å²) in [5.74, 6) is 2.26. The van der Waals surface area contributed by atoms with Gasteiger partial charge in [0, 0.05) is 24.3 Å². The predicted molar refractivity (Wildman–Crippen MR) is 93.6 cm³/mol. The van der Waals surface area contributed by atoms with Crippen molar-refractivity contribution < 1.29 is 14.1 Å². The Kier molecular flexibility index (Phi) is 3.65. The van der Waals surface area contributed by atoms with Crippen LogP contribution in [0.15, 0.2) is 22.7 Å². The van der Waals surface area contributed by atoms with Gasteiger partial charge in [-0.05, 0) is 55.2 Å². The van der Waals surface area contributed by atoms with Crippen LogP contribution >= 0.6 is 0 Å². The smallest absolute Gasteiger partial charge is 0.230 e. The number of nitrogens with zero attached hydrogens (tertiary/aromatic N) is 2. The fourth-order valence-electron chi connectivity index (χ4n) is 4.15. The third-order valence-corrected chi connectivity index (χ3v) is 5.80. The van der Waals surface area contributed by atoms with Crippen LogP contribution in [0.5, 0.6) is 0 Å². The monoisotopic (exact) mass is 351 g/mol. The third-order valence-electron chi connectivity index (χ3n) is 5.80. The van der Waals surface area contributed by atoms with Gasteiger partial charge in [0.2, 0.25) is 17.6 Å². The van der Waals surface area contributed by atoms with Crippen LogP contribution in [-0.4, -0.2) is 27.9 Å². The zero-order chi connectivity index (χ0) is 17.7. The molecule has 1 amide bonds. The molecule has 2 aromatic rings. The number of hydrogen-bond donors (Lipinski definition) is 1. The van der Waals surface area contributed by atoms with Gasteiger partial charge in [-0.3, -0.25) is 9.59 Å². The van der Waals surface area contributed by atoms with Crippen molar-refractivity contribution >= 4 is 11.7 Å². The predicted octanol–water partition coefficient (Wildman–Crippen LogP) is 2.88. The van der Waals surface area contributed by atoms with E-state index in [2.05, 4.69) is 27.6 Å². The maximum Gasteiger partial charge on any atom is 0.230 e. The first-order valence-corrected chi connectivity index (χ1v) is 9.46. The van der Waals surface area contributed by atoms with Gasteiger partial charge in [0.05, 0.1) is 6.04 Å². The molecule has 2 atom stereocenters. The van der Waals surface area contributed by atoms with Gasteiger partial charge in [-0.15, -0.1) is 0 Å². The van der Waals surface area contributed by atoms with Crippen molar-refractivity contribution in [2.45, 2.75) is 62.8 Å². The molecular weight excluding hydrogens is 330 g/mol. The highest BCUT2D eigenvalue weighted by molar-refractivity contribution is 5.92. The average molecular weight is 351 g/mol. The molecule has 2 aliphatic carbocycles. The van der Waals surface area contributed by atoms with Crippen molar-refractivity contribution in [2.75, 3.05) is 0 Å². The lowest BCUT2D eigenvalue weighted by Crippen LogP contribution is -2.33. The summed E-state index contributed by atoms with van der Waals surface area (Å²) < 4.78 is 5.36. The summed E-state index contributed by atoms with van der Waals surface area (Å²) in [6.07, 6.45) is 5.83. The molecule has 1 aliphatic heterocycles. The van der Waals surface area contributed by atoms with Crippen LogP contribution in [0.25, 0.3) is 11.4 Å². The van der Waals surface area contributed by atoms with Gasteiger partial charge in [0.1, 0.15) is 0 Å². The van der Waals surface area contributed by atoms with E-state index in [0.717, 1.165) is 37.1 Å². The lowest BCUT2D eigenvalue weighted by molar-refractivity contribution is -0.124. The molecule has 1 saturated carbocycles. The van der Waals surface area contributed by atoms with Gasteiger partial charge in [-0.25, -0.2) is 0 Å². The minimum Gasteiger partial charge on any atom is -0.346 e. The lowest BCUT2D eigenvalue weighted by atomic mass is 9.92. The highest BCUT2D eigenvalue weighted by Gasteiger charge is 2.32. The fraction of sp³-hybridized carbons (Fsp3) is 0.500. The van der Waals surface area contributed by atoms with E-state index in [-0.39, 0.29) is 23.7 Å². The number of Topliss-reactive ketones (excluding diaryl/α,β-unsaturated/α-hetero) is 1. The molecule has 1 aromatic carbocycles. The molecule has 0 radical (unpaired) electrons. The van der Waals surface area contributed by atoms with Crippen molar-refractivity contribution in [1.29, 1.82) is 0 Å². The zero-order valence-electron chi connectivity index (χ0n) is 14.5. The van der Waals surface area contributed by atoms with Crippen LogP contribution in [0.3, 0.4) is 0 Å². The Hall–Kier alpha value is -2.50. The number of fused-ring (bicyclic) bond motifs is 1. The number of ketones is 1. The molecule has 0 unspecified atom stereocenters. The largest absolute Gasteiger partial charge is 0.346 e. The highest BCUT2D eigenvalue weighted by atomic mass is 16.5. The molecule has 1 N–H and O–H groups in total. The number of carbonyl (C=O) groups excluding carboxylic acids is 2. The van der Waals surface area contributed by atoms with Crippen molar-refractivity contribution in [3.63, 3.8) is 0 Å². The lowest BCUT2D eigenvalue weighted by Gasteiger charge is -2.14. The van der Waals surface area contributed by atoms with Crippen LogP contribution in [0.2, 0.25) is 0 Å². The molecule has 2 heterocycles. The molecule has 0 bridgehead atoms. The van der Waals surface area contributed by atoms with E-state index in [9.17, 15) is 9.59 Å². The first kappa shape index (κ1) is 15.7. The minimum atomic E-state index is -0.286. The normalized spacial score (nSPS) is 24.5. The maximum atomic E-state index is 12.5. The van der Waals surface area contributed by atoms with E-state index in [1.165, 1.54) is 11.1 Å². The number of rotatable bonds is 5. The Balaban J connectivity index is 1.31. The van der Waals surface area contributed by atoms with Gasteiger partial charge in [0.15, 0.2) is 5.78 Å². The summed E-state index contributed by atoms with van der Waals surface area (Å²) in [5.41, 5.74) is 3.50. The first-order valence-electron chi connectivity index (χ1n) is 9.46. The van der Waals surface area contributed by atoms with Crippen LogP contribution in [0, 0.1) is 0 Å². The summed E-state index contributed by atoms with van der Waals surface area (Å²) in [6.45, 7) is 0. The van der Waals surface area contributed by atoms with Gasteiger partial charge in [-0.1, -0.05) is 17.3 Å². The van der Waals surface area contributed by atoms with Gasteiger partial charge in [0.25, 0.3) is 0 Å². The van der Waals surface area contributed by atoms with Crippen molar-refractivity contribution in [3.8, 4) is 11.4 Å². The second kappa shape index (κ2) is 6.04. The number of benzene rings is 1. The molecule has 3 aliphatic rings. The zero-order valence-corrected chi connectivity index (χ0v) is 14.5. The molecule has 2 fully saturated rings. The summed E-state index contributed by atoms with van der Waals surface area (Å²) in [6, 6.07) is 5.99. The van der Waals surface area contributed by atoms with Gasteiger partial charge >= 0.3 is 0 Å². The first-order chi connectivity index (χ1) is 12.7. The summed E-state index contributed by atoms with van der Waals surface area (Å²) in [4.78, 5) is 28.3. The number of aromatic nitrogens is 2. The summed E-state index contributed by atoms with van der Waals surface area (Å²) in [5, 5.41) is 6.90. The Morgan fingerprint density at radius 2 is 2.08 bits per heavy atom. The van der Waals surface area contributed by atoms with E-state index in [0.29, 0.717) is 31.0 Å². The minimum absolute atomic E-state index is 0.00880. The number of nitrogens with one attached hydrogen (secondary N) is 1. The number of aryl methyl sites for hydroxylation is 1. The van der Waals surface area contributed by atoms with Crippen LogP contribution < -0.4 is 5.32 Å².